The van der Waals surface area contributed by atoms with E-state index in [1.807, 2.05) is 13.0 Å². The van der Waals surface area contributed by atoms with Gasteiger partial charge in [-0.25, -0.2) is 8.78 Å². The number of rotatable bonds is 5. The highest BCUT2D eigenvalue weighted by Gasteiger charge is 2.16. The Hall–Kier alpha value is -2.27. The predicted molar refractivity (Wildman–Crippen MR) is 76.1 cm³/mol. The van der Waals surface area contributed by atoms with Crippen LogP contribution < -0.4 is 5.32 Å². The molecule has 0 aliphatic heterocycles. The molecule has 0 aromatic heterocycles. The van der Waals surface area contributed by atoms with Gasteiger partial charge in [-0.1, -0.05) is 24.3 Å². The van der Waals surface area contributed by atoms with Crippen LogP contribution in [-0.4, -0.2) is 12.5 Å². The molecule has 0 atom stereocenters. The maximum absolute atomic E-state index is 13.6. The molecule has 2 rings (SSSR count). The van der Waals surface area contributed by atoms with Gasteiger partial charge >= 0.3 is 0 Å². The Morgan fingerprint density at radius 1 is 1.14 bits per heavy atom. The fraction of sp³-hybridized carbons (Fsp3) is 0.188. The molecule has 0 unspecified atom stereocenters. The number of hydrogen-bond acceptors (Lipinski definition) is 2. The average molecular weight is 291 g/mol. The lowest BCUT2D eigenvalue weighted by Crippen LogP contribution is -2.15. The third-order valence-electron chi connectivity index (χ3n) is 2.92. The Morgan fingerprint density at radius 2 is 1.90 bits per heavy atom. The van der Waals surface area contributed by atoms with Crippen molar-refractivity contribution < 1.29 is 18.3 Å². The van der Waals surface area contributed by atoms with Crippen LogP contribution in [0.3, 0.4) is 0 Å². The topological polar surface area (TPSA) is 38.3 Å². The largest absolute Gasteiger partial charge is 0.377 e. The lowest BCUT2D eigenvalue weighted by molar-refractivity contribution is 0.102. The van der Waals surface area contributed by atoms with Crippen LogP contribution in [0.25, 0.3) is 0 Å². The second-order valence-corrected chi connectivity index (χ2v) is 4.35. The number of ether oxygens (including phenoxy) is 1. The molecule has 0 fully saturated rings. The van der Waals surface area contributed by atoms with Gasteiger partial charge < -0.3 is 10.1 Å². The van der Waals surface area contributed by atoms with Crippen molar-refractivity contribution in [3.63, 3.8) is 0 Å². The molecule has 1 N–H and O–H groups in total. The molecule has 2 aromatic carbocycles. The molecule has 5 heteroatoms. The van der Waals surface area contributed by atoms with Gasteiger partial charge in [-0.05, 0) is 25.1 Å². The molecule has 0 aliphatic rings. The summed E-state index contributed by atoms with van der Waals surface area (Å²) >= 11 is 0. The lowest BCUT2D eigenvalue weighted by Gasteiger charge is -2.11. The van der Waals surface area contributed by atoms with E-state index >= 15 is 0 Å². The minimum atomic E-state index is -1.16. The van der Waals surface area contributed by atoms with Gasteiger partial charge in [0.15, 0.2) is 11.6 Å². The van der Waals surface area contributed by atoms with Gasteiger partial charge in [0.2, 0.25) is 0 Å². The number of para-hydroxylation sites is 1. The quantitative estimate of drug-likeness (QED) is 0.911. The van der Waals surface area contributed by atoms with E-state index in [4.69, 9.17) is 4.74 Å². The molecule has 1 amide bonds. The summed E-state index contributed by atoms with van der Waals surface area (Å²) in [5.41, 5.74) is 0.949. The number of anilines is 1. The molecule has 0 saturated carbocycles. The summed E-state index contributed by atoms with van der Waals surface area (Å²) in [7, 11) is 0. The molecule has 3 nitrogen and oxygen atoms in total. The van der Waals surface area contributed by atoms with E-state index in [9.17, 15) is 13.6 Å². The van der Waals surface area contributed by atoms with Crippen LogP contribution in [0, 0.1) is 11.6 Å². The Labute approximate surface area is 121 Å². The molecular weight excluding hydrogens is 276 g/mol. The summed E-state index contributed by atoms with van der Waals surface area (Å²) in [5, 5.41) is 2.58. The van der Waals surface area contributed by atoms with Crippen LogP contribution in [0.4, 0.5) is 14.5 Å². The van der Waals surface area contributed by atoms with E-state index in [1.54, 1.807) is 18.2 Å². The van der Waals surface area contributed by atoms with Crippen LogP contribution >= 0.6 is 0 Å². The van der Waals surface area contributed by atoms with Crippen LogP contribution in [0.5, 0.6) is 0 Å². The molecule has 0 saturated heterocycles. The first-order valence-electron chi connectivity index (χ1n) is 6.54. The molecule has 0 bridgehead atoms. The van der Waals surface area contributed by atoms with Crippen LogP contribution in [0.2, 0.25) is 0 Å². The Balaban J connectivity index is 2.22. The minimum absolute atomic E-state index is 0.332. The molecule has 0 heterocycles. The van der Waals surface area contributed by atoms with Gasteiger partial charge in [0.25, 0.3) is 5.91 Å². The molecular formula is C16H15F2NO2. The Bertz CT molecular complexity index is 644. The normalized spacial score (nSPS) is 10.4. The van der Waals surface area contributed by atoms with Crippen molar-refractivity contribution in [2.45, 2.75) is 13.5 Å². The first kappa shape index (κ1) is 15.1. The Kier molecular flexibility index (Phi) is 5.00. The van der Waals surface area contributed by atoms with Gasteiger partial charge in [-0.3, -0.25) is 4.79 Å². The van der Waals surface area contributed by atoms with E-state index in [0.29, 0.717) is 18.9 Å². The van der Waals surface area contributed by atoms with E-state index in [2.05, 4.69) is 5.32 Å². The zero-order valence-corrected chi connectivity index (χ0v) is 11.5. The van der Waals surface area contributed by atoms with Crippen LogP contribution in [-0.2, 0) is 11.3 Å². The van der Waals surface area contributed by atoms with Crippen molar-refractivity contribution in [3.05, 3.63) is 65.2 Å². The predicted octanol–water partition coefficient (Wildman–Crippen LogP) is 3.75. The maximum Gasteiger partial charge on any atom is 0.258 e. The summed E-state index contributed by atoms with van der Waals surface area (Å²) in [6, 6.07) is 10.5. The summed E-state index contributed by atoms with van der Waals surface area (Å²) in [4.78, 5) is 12.1. The molecule has 0 spiro atoms. The number of carbonyl (C=O) groups is 1. The van der Waals surface area contributed by atoms with E-state index < -0.39 is 17.5 Å². The van der Waals surface area contributed by atoms with Gasteiger partial charge in [0.1, 0.15) is 0 Å². The number of halogens is 2. The van der Waals surface area contributed by atoms with E-state index in [1.165, 1.54) is 12.1 Å². The highest BCUT2D eigenvalue weighted by atomic mass is 19.2. The highest BCUT2D eigenvalue weighted by molar-refractivity contribution is 6.04. The number of benzene rings is 2. The maximum atomic E-state index is 13.6. The molecule has 0 aliphatic carbocycles. The fourth-order valence-corrected chi connectivity index (χ4v) is 1.85. The minimum Gasteiger partial charge on any atom is -0.377 e. The summed E-state index contributed by atoms with van der Waals surface area (Å²) in [6.07, 6.45) is 0. The number of carbonyl (C=O) groups excluding carboxylic acids is 1. The van der Waals surface area contributed by atoms with Crippen LogP contribution in [0.15, 0.2) is 42.5 Å². The number of nitrogens with one attached hydrogen (secondary N) is 1. The molecule has 110 valence electrons. The highest BCUT2D eigenvalue weighted by Crippen LogP contribution is 2.19. The first-order chi connectivity index (χ1) is 10.1. The van der Waals surface area contributed by atoms with Crippen molar-refractivity contribution in [2.24, 2.45) is 0 Å². The second kappa shape index (κ2) is 6.95. The van der Waals surface area contributed by atoms with Gasteiger partial charge in [0.05, 0.1) is 12.2 Å². The van der Waals surface area contributed by atoms with Gasteiger partial charge in [0, 0.05) is 17.9 Å². The van der Waals surface area contributed by atoms with Crippen molar-refractivity contribution in [2.75, 3.05) is 11.9 Å². The first-order valence-corrected chi connectivity index (χ1v) is 6.54. The van der Waals surface area contributed by atoms with Crippen molar-refractivity contribution >= 4 is 11.6 Å². The van der Waals surface area contributed by atoms with Crippen molar-refractivity contribution in [1.29, 1.82) is 0 Å². The smallest absolute Gasteiger partial charge is 0.258 e. The van der Waals surface area contributed by atoms with Gasteiger partial charge in [-0.15, -0.1) is 0 Å². The number of hydrogen-bond donors (Lipinski definition) is 1. The number of amides is 1. The monoisotopic (exact) mass is 291 g/mol. The summed E-state index contributed by atoms with van der Waals surface area (Å²) in [5.74, 6) is -2.90. The van der Waals surface area contributed by atoms with Crippen molar-refractivity contribution in [1.82, 2.24) is 0 Å². The fourth-order valence-electron chi connectivity index (χ4n) is 1.85. The second-order valence-electron chi connectivity index (χ2n) is 4.35. The summed E-state index contributed by atoms with van der Waals surface area (Å²) < 4.78 is 32.1. The Morgan fingerprint density at radius 3 is 2.67 bits per heavy atom. The van der Waals surface area contributed by atoms with Crippen molar-refractivity contribution in [3.8, 4) is 0 Å². The molecule has 0 radical (unpaired) electrons. The average Bonchev–Trinajstić information content (AvgIpc) is 2.49. The van der Waals surface area contributed by atoms with E-state index in [0.717, 1.165) is 11.6 Å². The van der Waals surface area contributed by atoms with Crippen LogP contribution in [0.1, 0.15) is 22.8 Å². The van der Waals surface area contributed by atoms with Gasteiger partial charge in [-0.2, -0.15) is 0 Å². The lowest BCUT2D eigenvalue weighted by atomic mass is 10.1. The molecule has 2 aromatic rings. The standard InChI is InChI=1S/C16H15F2NO2/c1-2-21-10-11-6-3-4-9-14(11)19-16(20)12-7-5-8-13(17)15(12)18/h3-9H,2,10H2,1H3,(H,19,20). The third kappa shape index (κ3) is 3.64. The summed E-state index contributed by atoms with van der Waals surface area (Å²) in [6.45, 7) is 2.74. The molecule has 21 heavy (non-hydrogen) atoms. The zero-order chi connectivity index (χ0) is 15.2. The SMILES string of the molecule is CCOCc1ccccc1NC(=O)c1cccc(F)c1F. The van der Waals surface area contributed by atoms with E-state index in [-0.39, 0.29) is 5.56 Å². The zero-order valence-electron chi connectivity index (χ0n) is 11.5. The third-order valence-corrected chi connectivity index (χ3v) is 2.92.